The number of pyridine rings is 1. The first-order valence-corrected chi connectivity index (χ1v) is 9.44. The highest BCUT2D eigenvalue weighted by molar-refractivity contribution is 7.89. The maximum absolute atomic E-state index is 13.1. The maximum atomic E-state index is 13.1. The van der Waals surface area contributed by atoms with Crippen LogP contribution >= 0.6 is 0 Å². The van der Waals surface area contributed by atoms with Crippen LogP contribution in [0.3, 0.4) is 0 Å². The van der Waals surface area contributed by atoms with Crippen molar-refractivity contribution in [2.45, 2.75) is 18.4 Å². The van der Waals surface area contributed by atoms with Gasteiger partial charge < -0.3 is 0 Å². The molecule has 1 aromatic carbocycles. The average molecular weight is 356 g/mol. The van der Waals surface area contributed by atoms with Crippen LogP contribution in [-0.2, 0) is 23.6 Å². The predicted molar refractivity (Wildman–Crippen MR) is 96.2 cm³/mol. The van der Waals surface area contributed by atoms with Crippen molar-refractivity contribution < 1.29 is 8.42 Å². The minimum atomic E-state index is -3.59. The minimum Gasteiger partial charge on any atom is -0.268 e. The molecule has 0 aliphatic heterocycles. The second-order valence-electron chi connectivity index (χ2n) is 5.65. The van der Waals surface area contributed by atoms with E-state index in [4.69, 9.17) is 0 Å². The number of aryl methyl sites for hydroxylation is 1. The fraction of sp³-hybridized carbons (Fsp3) is 0.222. The van der Waals surface area contributed by atoms with Crippen LogP contribution in [0.2, 0.25) is 0 Å². The van der Waals surface area contributed by atoms with Crippen molar-refractivity contribution in [3.8, 4) is 11.3 Å². The second kappa shape index (κ2) is 7.16. The molecule has 2 heterocycles. The lowest BCUT2D eigenvalue weighted by Crippen LogP contribution is -2.30. The molecule has 25 heavy (non-hydrogen) atoms. The first-order valence-electron chi connectivity index (χ1n) is 8.00. The van der Waals surface area contributed by atoms with Gasteiger partial charge in [-0.1, -0.05) is 19.1 Å². The minimum absolute atomic E-state index is 0.280. The molecule has 3 aromatic rings. The van der Waals surface area contributed by atoms with Gasteiger partial charge in [-0.15, -0.1) is 0 Å². The SMILES string of the molecule is CCN(Cc1ccncc1)S(=O)(=O)c1cccc(-c2ccnn2C)c1. The zero-order chi connectivity index (χ0) is 17.9. The Bertz CT molecular complexity index is 952. The molecule has 130 valence electrons. The fourth-order valence-electron chi connectivity index (χ4n) is 2.68. The molecule has 3 rings (SSSR count). The third-order valence-electron chi connectivity index (χ3n) is 4.05. The van der Waals surface area contributed by atoms with Crippen LogP contribution in [0.25, 0.3) is 11.3 Å². The van der Waals surface area contributed by atoms with Gasteiger partial charge in [-0.05, 0) is 35.9 Å². The summed E-state index contributed by atoms with van der Waals surface area (Å²) in [6, 6.07) is 12.5. The first kappa shape index (κ1) is 17.3. The van der Waals surface area contributed by atoms with E-state index in [2.05, 4.69) is 10.1 Å². The van der Waals surface area contributed by atoms with E-state index in [0.717, 1.165) is 16.8 Å². The largest absolute Gasteiger partial charge is 0.268 e. The number of benzene rings is 1. The van der Waals surface area contributed by atoms with Gasteiger partial charge in [-0.25, -0.2) is 8.42 Å². The normalized spacial score (nSPS) is 11.8. The molecule has 0 bridgehead atoms. The molecular weight excluding hydrogens is 336 g/mol. The third-order valence-corrected chi connectivity index (χ3v) is 5.97. The van der Waals surface area contributed by atoms with Crippen molar-refractivity contribution in [1.29, 1.82) is 0 Å². The number of nitrogens with zero attached hydrogens (tertiary/aromatic N) is 4. The standard InChI is InChI=1S/C18H20N4O2S/c1-3-22(14-15-7-10-19-11-8-15)25(23,24)17-6-4-5-16(13-17)18-9-12-20-21(18)2/h4-13H,3,14H2,1-2H3. The maximum Gasteiger partial charge on any atom is 0.243 e. The van der Waals surface area contributed by atoms with E-state index in [0.29, 0.717) is 13.1 Å². The van der Waals surface area contributed by atoms with E-state index in [1.54, 1.807) is 41.5 Å². The van der Waals surface area contributed by atoms with Crippen LogP contribution in [0, 0.1) is 0 Å². The van der Waals surface area contributed by atoms with Crippen LogP contribution in [-0.4, -0.2) is 34.0 Å². The van der Waals surface area contributed by atoms with Gasteiger partial charge >= 0.3 is 0 Å². The number of rotatable bonds is 6. The van der Waals surface area contributed by atoms with Gasteiger partial charge in [0.15, 0.2) is 0 Å². The monoisotopic (exact) mass is 356 g/mol. The summed E-state index contributed by atoms with van der Waals surface area (Å²) < 4.78 is 29.3. The molecule has 0 fully saturated rings. The molecule has 7 heteroatoms. The quantitative estimate of drug-likeness (QED) is 0.681. The number of sulfonamides is 1. The Hall–Kier alpha value is -2.51. The van der Waals surface area contributed by atoms with Gasteiger partial charge in [0.1, 0.15) is 0 Å². The molecule has 0 aliphatic rings. The summed E-state index contributed by atoms with van der Waals surface area (Å²) in [5, 5.41) is 4.14. The predicted octanol–water partition coefficient (Wildman–Crippen LogP) is 2.69. The molecule has 0 spiro atoms. The van der Waals surface area contributed by atoms with Crippen molar-refractivity contribution in [1.82, 2.24) is 19.1 Å². The van der Waals surface area contributed by atoms with Crippen LogP contribution in [0.4, 0.5) is 0 Å². The van der Waals surface area contributed by atoms with E-state index >= 15 is 0 Å². The highest BCUT2D eigenvalue weighted by Gasteiger charge is 2.23. The second-order valence-corrected chi connectivity index (χ2v) is 7.59. The Morgan fingerprint density at radius 1 is 1.08 bits per heavy atom. The topological polar surface area (TPSA) is 68.1 Å². The smallest absolute Gasteiger partial charge is 0.243 e. The molecule has 0 N–H and O–H groups in total. The third kappa shape index (κ3) is 3.62. The van der Waals surface area contributed by atoms with Crippen LogP contribution in [0.15, 0.2) is 66.0 Å². The molecule has 6 nitrogen and oxygen atoms in total. The van der Waals surface area contributed by atoms with Gasteiger partial charge in [-0.3, -0.25) is 9.67 Å². The number of aromatic nitrogens is 3. The van der Waals surface area contributed by atoms with Gasteiger partial charge in [-0.2, -0.15) is 9.40 Å². The lowest BCUT2D eigenvalue weighted by atomic mass is 10.1. The lowest BCUT2D eigenvalue weighted by Gasteiger charge is -2.21. The molecule has 0 saturated carbocycles. The Morgan fingerprint density at radius 3 is 2.48 bits per heavy atom. The summed E-state index contributed by atoms with van der Waals surface area (Å²) in [6.45, 7) is 2.54. The van der Waals surface area contributed by atoms with Crippen LogP contribution in [0.1, 0.15) is 12.5 Å². The van der Waals surface area contributed by atoms with Gasteiger partial charge in [0, 0.05) is 44.3 Å². The van der Waals surface area contributed by atoms with Crippen LogP contribution < -0.4 is 0 Å². The van der Waals surface area contributed by atoms with Gasteiger partial charge in [0.2, 0.25) is 10.0 Å². The van der Waals surface area contributed by atoms with Gasteiger partial charge in [0.05, 0.1) is 10.6 Å². The number of hydrogen-bond donors (Lipinski definition) is 0. The van der Waals surface area contributed by atoms with Crippen molar-refractivity contribution in [2.24, 2.45) is 7.05 Å². The van der Waals surface area contributed by atoms with E-state index in [-0.39, 0.29) is 4.90 Å². The van der Waals surface area contributed by atoms with Crippen molar-refractivity contribution in [2.75, 3.05) is 6.54 Å². The Kier molecular flexibility index (Phi) is 4.96. The van der Waals surface area contributed by atoms with Gasteiger partial charge in [0.25, 0.3) is 0 Å². The van der Waals surface area contributed by atoms with Crippen LogP contribution in [0.5, 0.6) is 0 Å². The number of hydrogen-bond acceptors (Lipinski definition) is 4. The molecule has 0 aliphatic carbocycles. The Labute approximate surface area is 147 Å². The molecule has 0 atom stereocenters. The summed E-state index contributed by atoms with van der Waals surface area (Å²) in [5.41, 5.74) is 2.60. The molecular formula is C18H20N4O2S. The summed E-state index contributed by atoms with van der Waals surface area (Å²) in [7, 11) is -1.76. The highest BCUT2D eigenvalue weighted by Crippen LogP contribution is 2.24. The molecule has 0 radical (unpaired) electrons. The average Bonchev–Trinajstić information content (AvgIpc) is 3.06. The first-order chi connectivity index (χ1) is 12.0. The zero-order valence-corrected chi connectivity index (χ0v) is 15.0. The lowest BCUT2D eigenvalue weighted by molar-refractivity contribution is 0.423. The van der Waals surface area contributed by atoms with E-state index < -0.39 is 10.0 Å². The Balaban J connectivity index is 1.95. The summed E-state index contributed by atoms with van der Waals surface area (Å²) >= 11 is 0. The Morgan fingerprint density at radius 2 is 1.84 bits per heavy atom. The molecule has 0 amide bonds. The zero-order valence-electron chi connectivity index (χ0n) is 14.2. The van der Waals surface area contributed by atoms with E-state index in [1.807, 2.05) is 38.2 Å². The summed E-state index contributed by atoms with van der Waals surface area (Å²) in [5.74, 6) is 0. The van der Waals surface area contributed by atoms with Crippen molar-refractivity contribution >= 4 is 10.0 Å². The van der Waals surface area contributed by atoms with Crippen molar-refractivity contribution in [3.05, 3.63) is 66.6 Å². The van der Waals surface area contributed by atoms with E-state index in [1.165, 1.54) is 4.31 Å². The highest BCUT2D eigenvalue weighted by atomic mass is 32.2. The fourth-order valence-corrected chi connectivity index (χ4v) is 4.16. The molecule has 0 unspecified atom stereocenters. The van der Waals surface area contributed by atoms with E-state index in [9.17, 15) is 8.42 Å². The molecule has 0 saturated heterocycles. The van der Waals surface area contributed by atoms with Crippen molar-refractivity contribution in [3.63, 3.8) is 0 Å². The molecule has 2 aromatic heterocycles. The summed E-state index contributed by atoms with van der Waals surface area (Å²) in [6.07, 6.45) is 5.02. The summed E-state index contributed by atoms with van der Waals surface area (Å²) in [4.78, 5) is 4.25.